The third kappa shape index (κ3) is 10.7. The Labute approximate surface area is 238 Å². The first-order chi connectivity index (χ1) is 16.1. The van der Waals surface area contributed by atoms with Crippen LogP contribution in [0.15, 0.2) is 28.8 Å². The van der Waals surface area contributed by atoms with Gasteiger partial charge in [-0.1, -0.05) is 56.4 Å². The van der Waals surface area contributed by atoms with Crippen molar-refractivity contribution in [2.45, 2.75) is 58.7 Å². The molecule has 1 aromatic carbocycles. The largest absolute Gasteiger partial charge is 0.668 e. The maximum atomic E-state index is 12.6. The van der Waals surface area contributed by atoms with Crippen LogP contribution in [0.3, 0.4) is 0 Å². The summed E-state index contributed by atoms with van der Waals surface area (Å²) in [5.41, 5.74) is 2.30. The first kappa shape index (κ1) is 33.7. The number of halogens is 1. The molecule has 0 aliphatic carbocycles. The van der Waals surface area contributed by atoms with E-state index in [1.165, 1.54) is 0 Å². The topological polar surface area (TPSA) is 101 Å². The summed E-state index contributed by atoms with van der Waals surface area (Å²) >= 11 is 5.75. The predicted octanol–water partition coefficient (Wildman–Crippen LogP) is 4.56. The molecule has 2 aromatic rings. The number of terminal acetylenes is 1. The number of aliphatic hydroxyl groups excluding tert-OH is 2. The summed E-state index contributed by atoms with van der Waals surface area (Å²) in [6, 6.07) is 7.02. The van der Waals surface area contributed by atoms with Crippen molar-refractivity contribution >= 4 is 17.5 Å². The Kier molecular flexibility index (Phi) is 16.5. The number of carbonyl (C=O) groups excluding carboxylic acids is 1. The van der Waals surface area contributed by atoms with Gasteiger partial charge in [0.05, 0.1) is 18.4 Å². The molecule has 0 radical (unpaired) electrons. The van der Waals surface area contributed by atoms with Crippen molar-refractivity contribution in [1.29, 1.82) is 0 Å². The van der Waals surface area contributed by atoms with Crippen molar-refractivity contribution in [3.05, 3.63) is 57.2 Å². The van der Waals surface area contributed by atoms with Gasteiger partial charge in [0.15, 0.2) is 0 Å². The Bertz CT molecular complexity index is 943. The second-order valence-corrected chi connectivity index (χ2v) is 9.22. The van der Waals surface area contributed by atoms with Crippen molar-refractivity contribution in [3.63, 3.8) is 0 Å². The smallest absolute Gasteiger partial charge is 0.233 e. The van der Waals surface area contributed by atoms with Crippen molar-refractivity contribution < 1.29 is 50.6 Å². The van der Waals surface area contributed by atoms with Gasteiger partial charge in [0.2, 0.25) is 5.91 Å². The predicted molar refractivity (Wildman–Crippen MR) is 136 cm³/mol. The molecule has 2 unspecified atom stereocenters. The van der Waals surface area contributed by atoms with Crippen LogP contribution in [0.2, 0.25) is 5.02 Å². The molecule has 0 spiro atoms. The molecule has 1 amide bonds. The summed E-state index contributed by atoms with van der Waals surface area (Å²) in [6.07, 6.45) is 5.40. The molecule has 1 aromatic heterocycles. The fourth-order valence-corrected chi connectivity index (χ4v) is 3.60. The van der Waals surface area contributed by atoms with E-state index in [0.29, 0.717) is 35.9 Å². The number of hydrogen-bond donors (Lipinski definition) is 2. The number of aromatic nitrogens is 1. The number of nitrogens with zero attached hydrogens (tertiary/aromatic N) is 3. The number of β-amino-alcohol motifs (C(OH)–C–C–N with tert-alkyl or cyclic N) is 1. The number of amides is 1. The molecule has 9 heteroatoms. The molecule has 0 bridgehead atoms. The van der Waals surface area contributed by atoms with E-state index < -0.39 is 6.10 Å². The van der Waals surface area contributed by atoms with E-state index in [4.69, 9.17) is 27.7 Å². The maximum Gasteiger partial charge on any atom is 0.233 e. The van der Waals surface area contributed by atoms with E-state index in [0.717, 1.165) is 11.3 Å². The van der Waals surface area contributed by atoms with E-state index in [9.17, 15) is 9.90 Å². The van der Waals surface area contributed by atoms with Crippen LogP contribution in [0.25, 0.3) is 5.32 Å². The van der Waals surface area contributed by atoms with E-state index >= 15 is 0 Å². The first-order valence-electron chi connectivity index (χ1n) is 11.4. The minimum atomic E-state index is -0.396. The maximum absolute atomic E-state index is 12.6. The molecule has 1 aliphatic rings. The molecular weight excluding hydrogens is 692 g/mol. The number of benzene rings is 1. The van der Waals surface area contributed by atoms with E-state index in [1.807, 2.05) is 33.8 Å². The molecule has 2 heterocycles. The molecule has 0 saturated carbocycles. The van der Waals surface area contributed by atoms with Gasteiger partial charge in [-0.15, -0.1) is 6.42 Å². The SMILES string of the molecule is C#Cc1ccc(CO)c(Cl)c1.CC(C)c1cc(C(C(=O)N2CCC(O)C2)C(C)C)on1.C[N-]C.[U]. The Hall–Kier alpha value is -1.32. The first-order valence-corrected chi connectivity index (χ1v) is 11.7. The van der Waals surface area contributed by atoms with E-state index in [-0.39, 0.29) is 61.4 Å². The van der Waals surface area contributed by atoms with Crippen molar-refractivity contribution in [1.82, 2.24) is 10.1 Å². The van der Waals surface area contributed by atoms with Crippen molar-refractivity contribution in [2.75, 3.05) is 27.2 Å². The zero-order valence-electron chi connectivity index (χ0n) is 21.5. The average Bonchev–Trinajstić information content (AvgIpc) is 3.44. The molecule has 1 aliphatic heterocycles. The minimum absolute atomic E-state index is 0. The van der Waals surface area contributed by atoms with Gasteiger partial charge >= 0.3 is 0 Å². The standard InChI is InChI=1S/C15H24N2O3.C9H7ClO.C2H6N.U/c1-9(2)12-7-13(20-16-12)14(10(3)4)15(19)17-6-5-11(18)8-17;1-2-7-3-4-8(6-11)9(10)5-7;1-3-2;/h7,9-11,14,18H,5-6,8H2,1-4H3;1,3-5,11H,6H2;1-2H3;/q;;-1;. The van der Waals surface area contributed by atoms with Gasteiger partial charge in [-0.2, -0.15) is 14.1 Å². The fraction of sp³-hybridized carbons (Fsp3) is 0.538. The van der Waals surface area contributed by atoms with Crippen molar-refractivity contribution in [2.24, 2.45) is 5.92 Å². The van der Waals surface area contributed by atoms with Crippen LogP contribution in [-0.2, 0) is 11.4 Å². The van der Waals surface area contributed by atoms with Crippen LogP contribution in [0.1, 0.15) is 68.5 Å². The summed E-state index contributed by atoms with van der Waals surface area (Å²) in [5.74, 6) is 3.21. The number of aliphatic hydroxyl groups is 2. The molecule has 7 nitrogen and oxygen atoms in total. The summed E-state index contributed by atoms with van der Waals surface area (Å²) < 4.78 is 5.40. The normalized spacial score (nSPS) is 15.4. The molecule has 2 atom stereocenters. The molecule has 35 heavy (non-hydrogen) atoms. The van der Waals surface area contributed by atoms with Gasteiger partial charge < -0.3 is 25.0 Å². The second kappa shape index (κ2) is 17.2. The number of likely N-dealkylation sites (tertiary alicyclic amines) is 1. The molecule has 1 saturated heterocycles. The second-order valence-electron chi connectivity index (χ2n) is 8.81. The summed E-state index contributed by atoms with van der Waals surface area (Å²) in [5, 5.41) is 26.4. The molecule has 192 valence electrons. The molecule has 1 fully saturated rings. The molecule has 3 rings (SSSR count). The molecule has 2 N–H and O–H groups in total. The summed E-state index contributed by atoms with van der Waals surface area (Å²) in [7, 11) is 3.50. The van der Waals surface area contributed by atoms with Crippen LogP contribution in [0, 0.1) is 49.4 Å². The Balaban J connectivity index is 0.000000653. The fourth-order valence-electron chi connectivity index (χ4n) is 3.36. The number of rotatable bonds is 5. The Morgan fingerprint density at radius 2 is 1.94 bits per heavy atom. The van der Waals surface area contributed by atoms with Crippen LogP contribution < -0.4 is 0 Å². The third-order valence-electron chi connectivity index (χ3n) is 5.24. The number of carbonyl (C=O) groups is 1. The Morgan fingerprint density at radius 3 is 2.34 bits per heavy atom. The molecular formula is C26H37ClN3O4U-. The van der Waals surface area contributed by atoms with Crippen molar-refractivity contribution in [3.8, 4) is 12.3 Å². The third-order valence-corrected chi connectivity index (χ3v) is 5.59. The quantitative estimate of drug-likeness (QED) is 0.440. The van der Waals surface area contributed by atoms with Gasteiger partial charge in [-0.05, 0) is 36.0 Å². The van der Waals surface area contributed by atoms with Gasteiger partial charge in [-0.25, -0.2) is 0 Å². The van der Waals surface area contributed by atoms with Gasteiger partial charge in [0.1, 0.15) is 11.7 Å². The Morgan fingerprint density at radius 1 is 1.31 bits per heavy atom. The van der Waals surface area contributed by atoms with Crippen LogP contribution in [-0.4, -0.2) is 59.5 Å². The monoisotopic (exact) mass is 728 g/mol. The van der Waals surface area contributed by atoms with Gasteiger partial charge in [0.25, 0.3) is 0 Å². The zero-order valence-corrected chi connectivity index (χ0v) is 26.4. The van der Waals surface area contributed by atoms with Crippen LogP contribution >= 0.6 is 11.6 Å². The van der Waals surface area contributed by atoms with E-state index in [1.54, 1.807) is 37.2 Å². The number of hydrogen-bond acceptors (Lipinski definition) is 5. The summed E-state index contributed by atoms with van der Waals surface area (Å²) in [4.78, 5) is 14.4. The van der Waals surface area contributed by atoms with Gasteiger partial charge in [-0.3, -0.25) is 4.79 Å². The van der Waals surface area contributed by atoms with E-state index in [2.05, 4.69) is 16.4 Å². The van der Waals surface area contributed by atoms with Crippen LogP contribution in [0.5, 0.6) is 0 Å². The summed E-state index contributed by atoms with van der Waals surface area (Å²) in [6.45, 7) is 9.10. The van der Waals surface area contributed by atoms with Gasteiger partial charge in [0, 0.05) is 60.9 Å². The van der Waals surface area contributed by atoms with Crippen LogP contribution in [0.4, 0.5) is 0 Å². The zero-order chi connectivity index (χ0) is 25.8. The minimum Gasteiger partial charge on any atom is -0.668 e. The average molecular weight is 729 g/mol.